The molecule has 9 aromatic carbocycles. The summed E-state index contributed by atoms with van der Waals surface area (Å²) < 4.78 is 12.9. The molecule has 53 heavy (non-hydrogen) atoms. The van der Waals surface area contributed by atoms with Crippen LogP contribution in [-0.4, -0.2) is 0 Å². The Morgan fingerprint density at radius 1 is 0.321 bits per heavy atom. The highest BCUT2D eigenvalue weighted by atomic mass is 16.3. The van der Waals surface area contributed by atoms with Crippen molar-refractivity contribution in [3.05, 3.63) is 188 Å². The molecule has 0 amide bonds. The van der Waals surface area contributed by atoms with Crippen molar-refractivity contribution >= 4 is 82.5 Å². The number of hydrogen-bond donors (Lipinski definition) is 0. The van der Waals surface area contributed by atoms with Crippen LogP contribution >= 0.6 is 0 Å². The van der Waals surface area contributed by atoms with Gasteiger partial charge in [0.25, 0.3) is 0 Å². The summed E-state index contributed by atoms with van der Waals surface area (Å²) in [6.07, 6.45) is 0. The highest BCUT2D eigenvalue weighted by Gasteiger charge is 2.19. The van der Waals surface area contributed by atoms with Crippen LogP contribution in [0, 0.1) is 0 Å². The molecule has 0 atom stereocenters. The summed E-state index contributed by atoms with van der Waals surface area (Å²) >= 11 is 0. The van der Waals surface area contributed by atoms with Crippen LogP contribution in [0.25, 0.3) is 87.7 Å². The molecule has 0 saturated heterocycles. The molecule has 2 heterocycles. The van der Waals surface area contributed by atoms with Crippen molar-refractivity contribution in [3.63, 3.8) is 0 Å². The predicted molar refractivity (Wildman–Crippen MR) is 222 cm³/mol. The number of hydrogen-bond acceptors (Lipinski definition) is 3. The summed E-state index contributed by atoms with van der Waals surface area (Å²) in [6, 6.07) is 66.8. The van der Waals surface area contributed by atoms with E-state index in [1.807, 2.05) is 18.2 Å². The second-order valence-electron chi connectivity index (χ2n) is 13.6. The molecule has 3 nitrogen and oxygen atoms in total. The third kappa shape index (κ3) is 4.68. The molecule has 2 aromatic heterocycles. The fourth-order valence-electron chi connectivity index (χ4n) is 8.23. The lowest BCUT2D eigenvalue weighted by Gasteiger charge is -2.25. The molecule has 0 radical (unpaired) electrons. The highest BCUT2D eigenvalue weighted by molar-refractivity contribution is 6.22. The van der Waals surface area contributed by atoms with E-state index in [9.17, 15) is 0 Å². The van der Waals surface area contributed by atoms with Gasteiger partial charge >= 0.3 is 0 Å². The van der Waals surface area contributed by atoms with Gasteiger partial charge in [-0.1, -0.05) is 127 Å². The van der Waals surface area contributed by atoms with Gasteiger partial charge in [0.05, 0.1) is 5.39 Å². The first-order chi connectivity index (χ1) is 26.3. The van der Waals surface area contributed by atoms with Gasteiger partial charge in [-0.25, -0.2) is 0 Å². The highest BCUT2D eigenvalue weighted by Crippen LogP contribution is 2.43. The zero-order valence-corrected chi connectivity index (χ0v) is 28.7. The number of furan rings is 2. The number of anilines is 3. The summed E-state index contributed by atoms with van der Waals surface area (Å²) in [6.45, 7) is 0. The zero-order valence-electron chi connectivity index (χ0n) is 28.7. The molecular formula is C50H31NO2. The third-order valence-electron chi connectivity index (χ3n) is 10.7. The minimum Gasteiger partial charge on any atom is -0.456 e. The Kier molecular flexibility index (Phi) is 6.55. The molecule has 0 spiro atoms. The predicted octanol–water partition coefficient (Wildman–Crippen LogP) is 14.6. The molecule has 0 aliphatic carbocycles. The van der Waals surface area contributed by atoms with Crippen LogP contribution in [0.2, 0.25) is 0 Å². The molecule has 3 heteroatoms. The number of para-hydroxylation sites is 2. The lowest BCUT2D eigenvalue weighted by molar-refractivity contribution is 0.663. The lowest BCUT2D eigenvalue weighted by Crippen LogP contribution is -2.09. The van der Waals surface area contributed by atoms with Crippen molar-refractivity contribution in [3.8, 4) is 22.3 Å². The van der Waals surface area contributed by atoms with E-state index >= 15 is 0 Å². The molecule has 0 aliphatic rings. The first-order valence-corrected chi connectivity index (χ1v) is 18.0. The first-order valence-electron chi connectivity index (χ1n) is 18.0. The van der Waals surface area contributed by atoms with Gasteiger partial charge in [-0.2, -0.15) is 0 Å². The molecule has 0 bridgehead atoms. The number of nitrogens with zero attached hydrogens (tertiary/aromatic N) is 1. The van der Waals surface area contributed by atoms with Crippen molar-refractivity contribution in [2.75, 3.05) is 4.90 Å². The molecule has 11 aromatic rings. The van der Waals surface area contributed by atoms with E-state index in [1.54, 1.807) is 0 Å². The van der Waals surface area contributed by atoms with Gasteiger partial charge in [-0.3, -0.25) is 0 Å². The van der Waals surface area contributed by atoms with Crippen LogP contribution in [0.4, 0.5) is 17.1 Å². The molecular weight excluding hydrogens is 647 g/mol. The van der Waals surface area contributed by atoms with Gasteiger partial charge < -0.3 is 13.7 Å². The maximum Gasteiger partial charge on any atom is 0.147 e. The van der Waals surface area contributed by atoms with Gasteiger partial charge in [-0.05, 0) is 98.4 Å². The van der Waals surface area contributed by atoms with Crippen molar-refractivity contribution < 1.29 is 8.83 Å². The van der Waals surface area contributed by atoms with Crippen molar-refractivity contribution in [1.29, 1.82) is 0 Å². The van der Waals surface area contributed by atoms with E-state index in [-0.39, 0.29) is 0 Å². The molecule has 0 unspecified atom stereocenters. The van der Waals surface area contributed by atoms with Crippen LogP contribution in [0.1, 0.15) is 0 Å². The lowest BCUT2D eigenvalue weighted by atomic mass is 9.90. The summed E-state index contributed by atoms with van der Waals surface area (Å²) in [5, 5.41) is 9.25. The zero-order chi connectivity index (χ0) is 34.9. The Balaban J connectivity index is 1.02. The van der Waals surface area contributed by atoms with Crippen molar-refractivity contribution in [2.24, 2.45) is 0 Å². The topological polar surface area (TPSA) is 29.5 Å². The molecule has 0 aliphatic heterocycles. The van der Waals surface area contributed by atoms with E-state index in [4.69, 9.17) is 8.83 Å². The monoisotopic (exact) mass is 677 g/mol. The summed E-state index contributed by atoms with van der Waals surface area (Å²) in [5.41, 5.74) is 11.4. The Bertz CT molecular complexity index is 3160. The fourth-order valence-corrected chi connectivity index (χ4v) is 8.23. The fraction of sp³-hybridized carbons (Fsp3) is 0. The van der Waals surface area contributed by atoms with Crippen molar-refractivity contribution in [2.45, 2.75) is 0 Å². The Labute approximate surface area is 305 Å². The van der Waals surface area contributed by atoms with E-state index in [0.717, 1.165) is 60.9 Å². The van der Waals surface area contributed by atoms with Gasteiger partial charge in [0.15, 0.2) is 0 Å². The Morgan fingerprint density at radius 3 is 1.79 bits per heavy atom. The van der Waals surface area contributed by atoms with Gasteiger partial charge in [0, 0.05) is 39.3 Å². The van der Waals surface area contributed by atoms with Gasteiger partial charge in [-0.15, -0.1) is 0 Å². The minimum atomic E-state index is 0.833. The Morgan fingerprint density at radius 2 is 0.943 bits per heavy atom. The largest absolute Gasteiger partial charge is 0.456 e. The average molecular weight is 678 g/mol. The number of benzene rings is 9. The van der Waals surface area contributed by atoms with E-state index in [1.165, 1.54) is 43.8 Å². The SMILES string of the molecule is c1ccc(N(c2ccc(-c3ccc(-c4cccc5ccccc45)c4ccccc34)cc2)c2ccc3c(c2)oc2c3ccc3oc4ccccc4c32)cc1. The number of fused-ring (bicyclic) bond motifs is 9. The van der Waals surface area contributed by atoms with Crippen LogP contribution in [0.15, 0.2) is 197 Å². The molecule has 248 valence electrons. The minimum absolute atomic E-state index is 0.833. The van der Waals surface area contributed by atoms with Gasteiger partial charge in [0.1, 0.15) is 22.3 Å². The smallest absolute Gasteiger partial charge is 0.147 e. The molecule has 11 rings (SSSR count). The quantitative estimate of drug-likeness (QED) is 0.182. The van der Waals surface area contributed by atoms with Gasteiger partial charge in [0.2, 0.25) is 0 Å². The molecule has 0 N–H and O–H groups in total. The first kappa shape index (κ1) is 29.6. The standard InChI is InChI=1S/C50H31NO2/c1-2-13-34(14-3-1)51(36-25-26-43-44-29-30-47-49(50(44)53-48(43)31-36)45-18-8-9-20-46(45)52-47)35-23-21-33(22-24-35)38-27-28-42(41-17-7-6-16-39(38)41)40-19-10-12-32-11-4-5-15-37(32)40/h1-31H. The van der Waals surface area contributed by atoms with E-state index in [0.29, 0.717) is 0 Å². The van der Waals surface area contributed by atoms with E-state index < -0.39 is 0 Å². The summed E-state index contributed by atoms with van der Waals surface area (Å²) in [5.74, 6) is 0. The Hall–Kier alpha value is -7.10. The summed E-state index contributed by atoms with van der Waals surface area (Å²) in [4.78, 5) is 2.29. The normalized spacial score (nSPS) is 11.8. The van der Waals surface area contributed by atoms with Crippen LogP contribution in [0.3, 0.4) is 0 Å². The van der Waals surface area contributed by atoms with E-state index in [2.05, 4.69) is 175 Å². The average Bonchev–Trinajstić information content (AvgIpc) is 3.79. The number of rotatable bonds is 5. The molecule has 0 saturated carbocycles. The maximum atomic E-state index is 6.69. The van der Waals surface area contributed by atoms with Crippen LogP contribution < -0.4 is 4.90 Å². The van der Waals surface area contributed by atoms with Crippen LogP contribution in [0.5, 0.6) is 0 Å². The van der Waals surface area contributed by atoms with Crippen LogP contribution in [-0.2, 0) is 0 Å². The summed E-state index contributed by atoms with van der Waals surface area (Å²) in [7, 11) is 0. The van der Waals surface area contributed by atoms with Crippen molar-refractivity contribution in [1.82, 2.24) is 0 Å². The third-order valence-corrected chi connectivity index (χ3v) is 10.7. The maximum absolute atomic E-state index is 6.69. The second-order valence-corrected chi connectivity index (χ2v) is 13.6. The molecule has 0 fully saturated rings. The second kappa shape index (κ2) is 11.7.